The van der Waals surface area contributed by atoms with Crippen LogP contribution in [-0.2, 0) is 0 Å². The monoisotopic (exact) mass is 368 g/mol. The van der Waals surface area contributed by atoms with Crippen LogP contribution in [0.3, 0.4) is 0 Å². The summed E-state index contributed by atoms with van der Waals surface area (Å²) in [5.41, 5.74) is 5.17. The number of hydrogen-bond donors (Lipinski definition) is 0. The van der Waals surface area contributed by atoms with Crippen LogP contribution in [-0.4, -0.2) is 0 Å². The molecule has 0 aromatic heterocycles. The van der Waals surface area contributed by atoms with Crippen molar-refractivity contribution in [1.29, 1.82) is 0 Å². The Morgan fingerprint density at radius 1 is 0.423 bits per heavy atom. The van der Waals surface area contributed by atoms with Crippen LogP contribution in [0.2, 0.25) is 0 Å². The Bertz CT molecular complexity index is 1070. The molecule has 0 fully saturated rings. The molecule has 2 heteroatoms. The van der Waals surface area contributed by atoms with E-state index < -0.39 is 0 Å². The highest BCUT2D eigenvalue weighted by molar-refractivity contribution is 8.05. The van der Waals surface area contributed by atoms with E-state index in [0.717, 1.165) is 0 Å². The molecule has 0 radical (unpaired) electrons. The molecular formula is C24H16S2. The quantitative estimate of drug-likeness (QED) is 0.314. The predicted octanol–water partition coefficient (Wildman–Crippen LogP) is 7.64. The normalized spacial score (nSPS) is 12.3. The molecule has 0 spiro atoms. The summed E-state index contributed by atoms with van der Waals surface area (Å²) >= 11 is 3.77. The van der Waals surface area contributed by atoms with Gasteiger partial charge < -0.3 is 0 Å². The zero-order chi connectivity index (χ0) is 17.3. The molecule has 124 valence electrons. The molecule has 0 bridgehead atoms. The fraction of sp³-hybridized carbons (Fsp3) is 0. The maximum atomic E-state index is 2.28. The molecule has 0 unspecified atom stereocenters. The summed E-state index contributed by atoms with van der Waals surface area (Å²) < 4.78 is 0. The second-order valence-electron chi connectivity index (χ2n) is 6.20. The summed E-state index contributed by atoms with van der Waals surface area (Å²) in [6.07, 6.45) is 0. The van der Waals surface area contributed by atoms with Crippen molar-refractivity contribution in [2.75, 3.05) is 0 Å². The van der Waals surface area contributed by atoms with Crippen molar-refractivity contribution in [3.05, 3.63) is 97.1 Å². The summed E-state index contributed by atoms with van der Waals surface area (Å²) in [6.45, 7) is 0. The van der Waals surface area contributed by atoms with Gasteiger partial charge in [0.15, 0.2) is 0 Å². The van der Waals surface area contributed by atoms with Gasteiger partial charge in [0.05, 0.1) is 0 Å². The number of rotatable bonds is 2. The topological polar surface area (TPSA) is 0 Å². The molecule has 0 atom stereocenters. The Morgan fingerprint density at radius 2 is 1.00 bits per heavy atom. The van der Waals surface area contributed by atoms with Gasteiger partial charge in [-0.3, -0.25) is 0 Å². The number of fused-ring (bicyclic) bond motifs is 2. The lowest BCUT2D eigenvalue weighted by Gasteiger charge is -2.23. The van der Waals surface area contributed by atoms with Crippen molar-refractivity contribution >= 4 is 23.5 Å². The van der Waals surface area contributed by atoms with Crippen LogP contribution in [0.25, 0.3) is 22.3 Å². The largest absolute Gasteiger partial charge is 0.0877 e. The van der Waals surface area contributed by atoms with Gasteiger partial charge in [-0.05, 0) is 34.9 Å². The van der Waals surface area contributed by atoms with E-state index in [1.165, 1.54) is 41.8 Å². The maximum Gasteiger partial charge on any atom is 0.0347 e. The highest BCUT2D eigenvalue weighted by Gasteiger charge is 2.23. The fourth-order valence-electron chi connectivity index (χ4n) is 3.34. The van der Waals surface area contributed by atoms with E-state index in [2.05, 4.69) is 97.1 Å². The second kappa shape index (κ2) is 6.71. The Hall–Kier alpha value is -2.42. The lowest BCUT2D eigenvalue weighted by atomic mass is 9.94. The highest BCUT2D eigenvalue weighted by Crippen LogP contribution is 2.53. The van der Waals surface area contributed by atoms with Gasteiger partial charge in [-0.1, -0.05) is 102 Å². The van der Waals surface area contributed by atoms with E-state index in [1.807, 2.05) is 23.5 Å². The molecule has 0 aliphatic carbocycles. The highest BCUT2D eigenvalue weighted by atomic mass is 32.2. The van der Waals surface area contributed by atoms with E-state index in [1.54, 1.807) is 0 Å². The Morgan fingerprint density at radius 3 is 1.69 bits per heavy atom. The predicted molar refractivity (Wildman–Crippen MR) is 112 cm³/mol. The zero-order valence-corrected chi connectivity index (χ0v) is 15.7. The van der Waals surface area contributed by atoms with Crippen molar-refractivity contribution in [3.63, 3.8) is 0 Å². The minimum atomic E-state index is 1.26. The average Bonchev–Trinajstić information content (AvgIpc) is 2.72. The van der Waals surface area contributed by atoms with Crippen molar-refractivity contribution in [2.24, 2.45) is 0 Å². The first kappa shape index (κ1) is 15.8. The summed E-state index contributed by atoms with van der Waals surface area (Å²) in [5.74, 6) is 0. The molecule has 0 N–H and O–H groups in total. The number of benzene rings is 4. The first-order chi connectivity index (χ1) is 12.9. The molecule has 0 saturated carbocycles. The van der Waals surface area contributed by atoms with Gasteiger partial charge in [-0.25, -0.2) is 0 Å². The summed E-state index contributed by atoms with van der Waals surface area (Å²) in [5, 5.41) is 0. The minimum Gasteiger partial charge on any atom is -0.0877 e. The van der Waals surface area contributed by atoms with Crippen LogP contribution < -0.4 is 0 Å². The van der Waals surface area contributed by atoms with Gasteiger partial charge in [0.2, 0.25) is 0 Å². The smallest absolute Gasteiger partial charge is 0.0347 e. The fourth-order valence-corrected chi connectivity index (χ4v) is 5.76. The standard InChI is InChI=1S/C24H16S2/c1-3-9-17(10-4-1)19-15-16-22-24(23(19)18-11-5-2-6-12-18)26-21-14-8-7-13-20(21)25-22/h1-16H. The second-order valence-corrected chi connectivity index (χ2v) is 8.33. The third-order valence-corrected chi connectivity index (χ3v) is 7.15. The Kier molecular flexibility index (Phi) is 4.08. The van der Waals surface area contributed by atoms with Gasteiger partial charge in [-0.2, -0.15) is 0 Å². The SMILES string of the molecule is c1ccc(-c2ccc3c(c2-c2ccccc2)Sc2ccccc2S3)cc1. The number of hydrogen-bond acceptors (Lipinski definition) is 2. The van der Waals surface area contributed by atoms with E-state index in [4.69, 9.17) is 0 Å². The van der Waals surface area contributed by atoms with E-state index >= 15 is 0 Å². The van der Waals surface area contributed by atoms with E-state index in [0.29, 0.717) is 0 Å². The molecule has 0 saturated heterocycles. The van der Waals surface area contributed by atoms with Gasteiger partial charge in [0, 0.05) is 25.1 Å². The molecule has 1 aliphatic heterocycles. The first-order valence-corrected chi connectivity index (χ1v) is 10.3. The third kappa shape index (κ3) is 2.76. The van der Waals surface area contributed by atoms with Gasteiger partial charge in [-0.15, -0.1) is 0 Å². The van der Waals surface area contributed by atoms with Crippen LogP contribution in [0.4, 0.5) is 0 Å². The molecule has 26 heavy (non-hydrogen) atoms. The van der Waals surface area contributed by atoms with E-state index in [9.17, 15) is 0 Å². The van der Waals surface area contributed by atoms with Crippen LogP contribution in [0.5, 0.6) is 0 Å². The molecule has 0 nitrogen and oxygen atoms in total. The molecule has 5 rings (SSSR count). The van der Waals surface area contributed by atoms with Gasteiger partial charge in [0.1, 0.15) is 0 Å². The van der Waals surface area contributed by atoms with Crippen LogP contribution in [0.15, 0.2) is 117 Å². The van der Waals surface area contributed by atoms with Crippen molar-refractivity contribution < 1.29 is 0 Å². The minimum absolute atomic E-state index is 1.26. The molecule has 4 aromatic rings. The van der Waals surface area contributed by atoms with Crippen molar-refractivity contribution in [2.45, 2.75) is 19.6 Å². The van der Waals surface area contributed by atoms with Crippen molar-refractivity contribution in [3.8, 4) is 22.3 Å². The van der Waals surface area contributed by atoms with Gasteiger partial charge in [0.25, 0.3) is 0 Å². The average molecular weight is 369 g/mol. The summed E-state index contributed by atoms with van der Waals surface area (Å²) in [7, 11) is 0. The first-order valence-electron chi connectivity index (χ1n) is 8.63. The Balaban J connectivity index is 1.77. The molecule has 1 aliphatic rings. The molecule has 1 heterocycles. The third-order valence-electron chi connectivity index (χ3n) is 4.55. The molecule has 4 aromatic carbocycles. The maximum absolute atomic E-state index is 2.28. The lowest BCUT2D eigenvalue weighted by molar-refractivity contribution is 1.16. The van der Waals surface area contributed by atoms with Gasteiger partial charge >= 0.3 is 0 Å². The van der Waals surface area contributed by atoms with Crippen molar-refractivity contribution in [1.82, 2.24) is 0 Å². The van der Waals surface area contributed by atoms with E-state index in [-0.39, 0.29) is 0 Å². The van der Waals surface area contributed by atoms with Crippen LogP contribution in [0.1, 0.15) is 0 Å². The molecular weight excluding hydrogens is 352 g/mol. The van der Waals surface area contributed by atoms with Crippen LogP contribution >= 0.6 is 23.5 Å². The lowest BCUT2D eigenvalue weighted by Crippen LogP contribution is -1.95. The Labute approximate surface area is 162 Å². The summed E-state index contributed by atoms with van der Waals surface area (Å²) in [4.78, 5) is 5.39. The van der Waals surface area contributed by atoms with Crippen LogP contribution in [0, 0.1) is 0 Å². The summed E-state index contributed by atoms with van der Waals surface area (Å²) in [6, 6.07) is 34.7. The molecule has 0 amide bonds. The zero-order valence-electron chi connectivity index (χ0n) is 14.1.